The highest BCUT2D eigenvalue weighted by Crippen LogP contribution is 2.28. The van der Waals surface area contributed by atoms with E-state index >= 15 is 0 Å². The van der Waals surface area contributed by atoms with Crippen molar-refractivity contribution in [1.82, 2.24) is 19.7 Å². The van der Waals surface area contributed by atoms with Gasteiger partial charge in [0.2, 0.25) is 0 Å². The largest absolute Gasteiger partial charge is 0.370 e. The molecule has 1 fully saturated rings. The smallest absolute Gasteiger partial charge is 0.322 e. The number of aromatic nitrogens is 3. The standard InChI is InChI=1S/C17H19ClN6O3/c1-11-8-24-14(13(7-20-24)22-4-5-27-10-16(22)25)9-23(11)17(26)21-12-2-3-19-15(18)6-12/h2-3,6-7,11H,4-5,8-10H2,1H3,(H,19,21,26)/t11-/m0/s1. The molecule has 9 nitrogen and oxygen atoms in total. The molecule has 0 bridgehead atoms. The fourth-order valence-corrected chi connectivity index (χ4v) is 3.51. The molecular formula is C17H19ClN6O3. The number of ether oxygens (including phenoxy) is 1. The van der Waals surface area contributed by atoms with Gasteiger partial charge in [0.25, 0.3) is 5.91 Å². The number of amides is 3. The van der Waals surface area contributed by atoms with Crippen molar-refractivity contribution in [3.8, 4) is 0 Å². The molecule has 0 aromatic carbocycles. The van der Waals surface area contributed by atoms with Crippen LogP contribution in [0.4, 0.5) is 16.2 Å². The Hall–Kier alpha value is -2.65. The number of hydrogen-bond acceptors (Lipinski definition) is 5. The zero-order valence-corrected chi connectivity index (χ0v) is 15.5. The van der Waals surface area contributed by atoms with Gasteiger partial charge in [-0.15, -0.1) is 0 Å². The minimum Gasteiger partial charge on any atom is -0.370 e. The minimum absolute atomic E-state index is 0.0528. The number of nitrogens with zero attached hydrogens (tertiary/aromatic N) is 5. The number of nitrogens with one attached hydrogen (secondary N) is 1. The van der Waals surface area contributed by atoms with Crippen LogP contribution in [0, 0.1) is 0 Å². The highest BCUT2D eigenvalue weighted by Gasteiger charge is 2.32. The molecule has 4 heterocycles. The van der Waals surface area contributed by atoms with Crippen LogP contribution in [0.25, 0.3) is 0 Å². The fourth-order valence-electron chi connectivity index (χ4n) is 3.33. The predicted octanol–water partition coefficient (Wildman–Crippen LogP) is 1.73. The average molecular weight is 391 g/mol. The number of carbonyl (C=O) groups excluding carboxylic acids is 2. The van der Waals surface area contributed by atoms with E-state index in [4.69, 9.17) is 16.3 Å². The molecule has 1 N–H and O–H groups in total. The number of urea groups is 1. The molecule has 0 radical (unpaired) electrons. The molecule has 10 heteroatoms. The number of hydrogen-bond donors (Lipinski definition) is 1. The van der Waals surface area contributed by atoms with E-state index in [1.54, 1.807) is 28.1 Å². The Labute approximate surface area is 160 Å². The van der Waals surface area contributed by atoms with E-state index in [1.807, 2.05) is 11.6 Å². The van der Waals surface area contributed by atoms with Gasteiger partial charge in [-0.2, -0.15) is 5.10 Å². The molecule has 0 spiro atoms. The van der Waals surface area contributed by atoms with Crippen LogP contribution in [0.15, 0.2) is 24.5 Å². The monoisotopic (exact) mass is 390 g/mol. The lowest BCUT2D eigenvalue weighted by Gasteiger charge is -2.35. The van der Waals surface area contributed by atoms with Crippen LogP contribution >= 0.6 is 11.6 Å². The van der Waals surface area contributed by atoms with Crippen molar-refractivity contribution in [2.75, 3.05) is 30.0 Å². The molecule has 0 unspecified atom stereocenters. The van der Waals surface area contributed by atoms with E-state index in [0.717, 1.165) is 11.4 Å². The van der Waals surface area contributed by atoms with Crippen molar-refractivity contribution in [2.45, 2.75) is 26.1 Å². The molecule has 1 saturated heterocycles. The number of pyridine rings is 1. The van der Waals surface area contributed by atoms with E-state index in [1.165, 1.54) is 6.20 Å². The van der Waals surface area contributed by atoms with Crippen LogP contribution in [-0.4, -0.2) is 57.4 Å². The Morgan fingerprint density at radius 3 is 3.07 bits per heavy atom. The van der Waals surface area contributed by atoms with E-state index in [-0.39, 0.29) is 24.6 Å². The first-order chi connectivity index (χ1) is 13.0. The number of carbonyl (C=O) groups is 2. The average Bonchev–Trinajstić information content (AvgIpc) is 3.04. The first-order valence-corrected chi connectivity index (χ1v) is 9.02. The molecular weight excluding hydrogens is 372 g/mol. The minimum atomic E-state index is -0.239. The molecule has 27 heavy (non-hydrogen) atoms. The molecule has 2 aromatic heterocycles. The Balaban J connectivity index is 1.55. The predicted molar refractivity (Wildman–Crippen MR) is 98.7 cm³/mol. The van der Waals surface area contributed by atoms with Gasteiger partial charge < -0.3 is 19.9 Å². The van der Waals surface area contributed by atoms with Crippen LogP contribution in [0.3, 0.4) is 0 Å². The van der Waals surface area contributed by atoms with Gasteiger partial charge in [-0.25, -0.2) is 9.78 Å². The van der Waals surface area contributed by atoms with E-state index in [9.17, 15) is 9.59 Å². The molecule has 4 rings (SSSR count). The van der Waals surface area contributed by atoms with Crippen LogP contribution in [0.1, 0.15) is 12.6 Å². The summed E-state index contributed by atoms with van der Waals surface area (Å²) in [6.07, 6.45) is 3.23. The van der Waals surface area contributed by atoms with Gasteiger partial charge in [0.1, 0.15) is 11.8 Å². The third kappa shape index (κ3) is 3.47. The summed E-state index contributed by atoms with van der Waals surface area (Å²) >= 11 is 5.88. The molecule has 2 aliphatic heterocycles. The van der Waals surface area contributed by atoms with Crippen molar-refractivity contribution in [2.24, 2.45) is 0 Å². The SMILES string of the molecule is C[C@H]1Cn2ncc(N3CCOCC3=O)c2CN1C(=O)Nc1ccnc(Cl)c1. The number of morpholine rings is 1. The Bertz CT molecular complexity index is 885. The summed E-state index contributed by atoms with van der Waals surface area (Å²) < 4.78 is 7.05. The summed E-state index contributed by atoms with van der Waals surface area (Å²) in [6.45, 7) is 3.90. The lowest BCUT2D eigenvalue weighted by molar-refractivity contribution is -0.125. The normalized spacial score (nSPS) is 19.8. The topological polar surface area (TPSA) is 92.6 Å². The zero-order valence-electron chi connectivity index (χ0n) is 14.8. The molecule has 3 amide bonds. The molecule has 1 atom stereocenters. The van der Waals surface area contributed by atoms with Gasteiger partial charge in [-0.1, -0.05) is 11.6 Å². The second-order valence-corrected chi connectivity index (χ2v) is 6.92. The van der Waals surface area contributed by atoms with Gasteiger partial charge in [-0.3, -0.25) is 9.48 Å². The Morgan fingerprint density at radius 1 is 1.44 bits per heavy atom. The second-order valence-electron chi connectivity index (χ2n) is 6.53. The maximum atomic E-state index is 12.8. The Kier molecular flexibility index (Phi) is 4.71. The molecule has 2 aliphatic rings. The van der Waals surface area contributed by atoms with Gasteiger partial charge in [0, 0.05) is 18.4 Å². The quantitative estimate of drug-likeness (QED) is 0.788. The van der Waals surface area contributed by atoms with Crippen molar-refractivity contribution in [3.63, 3.8) is 0 Å². The summed E-state index contributed by atoms with van der Waals surface area (Å²) in [4.78, 5) is 32.3. The third-order valence-corrected chi connectivity index (χ3v) is 4.94. The van der Waals surface area contributed by atoms with E-state index in [0.29, 0.717) is 37.1 Å². The lowest BCUT2D eigenvalue weighted by Crippen LogP contribution is -2.48. The van der Waals surface area contributed by atoms with Gasteiger partial charge in [-0.05, 0) is 19.1 Å². The third-order valence-electron chi connectivity index (χ3n) is 4.73. The lowest BCUT2D eigenvalue weighted by atomic mass is 10.2. The first kappa shape index (κ1) is 17.7. The van der Waals surface area contributed by atoms with Crippen molar-refractivity contribution in [1.29, 1.82) is 0 Å². The maximum absolute atomic E-state index is 12.8. The number of anilines is 2. The molecule has 0 aliphatic carbocycles. The van der Waals surface area contributed by atoms with E-state index < -0.39 is 0 Å². The summed E-state index contributed by atoms with van der Waals surface area (Å²) in [5, 5.41) is 7.56. The van der Waals surface area contributed by atoms with Gasteiger partial charge >= 0.3 is 6.03 Å². The first-order valence-electron chi connectivity index (χ1n) is 8.65. The van der Waals surface area contributed by atoms with Crippen molar-refractivity contribution in [3.05, 3.63) is 35.4 Å². The number of fused-ring (bicyclic) bond motifs is 1. The molecule has 2 aromatic rings. The van der Waals surface area contributed by atoms with E-state index in [2.05, 4.69) is 15.4 Å². The molecule has 142 valence electrons. The summed E-state index contributed by atoms with van der Waals surface area (Å²) in [7, 11) is 0. The molecule has 0 saturated carbocycles. The summed E-state index contributed by atoms with van der Waals surface area (Å²) in [6, 6.07) is 2.98. The Morgan fingerprint density at radius 2 is 2.30 bits per heavy atom. The fraction of sp³-hybridized carbons (Fsp3) is 0.412. The second kappa shape index (κ2) is 7.16. The highest BCUT2D eigenvalue weighted by atomic mass is 35.5. The number of rotatable bonds is 2. The van der Waals surface area contributed by atoms with Gasteiger partial charge in [0.15, 0.2) is 0 Å². The van der Waals surface area contributed by atoms with Crippen molar-refractivity contribution < 1.29 is 14.3 Å². The maximum Gasteiger partial charge on any atom is 0.322 e. The van der Waals surface area contributed by atoms with Crippen molar-refractivity contribution >= 4 is 34.9 Å². The zero-order chi connectivity index (χ0) is 19.0. The van der Waals surface area contributed by atoms with Crippen LogP contribution in [0.5, 0.6) is 0 Å². The van der Waals surface area contributed by atoms with Crippen LogP contribution < -0.4 is 10.2 Å². The number of halogens is 1. The van der Waals surface area contributed by atoms with Gasteiger partial charge in [0.05, 0.1) is 43.3 Å². The summed E-state index contributed by atoms with van der Waals surface area (Å²) in [5.74, 6) is -0.0990. The highest BCUT2D eigenvalue weighted by molar-refractivity contribution is 6.29. The van der Waals surface area contributed by atoms with Crippen LogP contribution in [0.2, 0.25) is 5.15 Å². The summed E-state index contributed by atoms with van der Waals surface area (Å²) in [5.41, 5.74) is 2.15. The van der Waals surface area contributed by atoms with Crippen LogP contribution in [-0.2, 0) is 22.6 Å².